The zero-order valence-electron chi connectivity index (χ0n) is 16.0. The molecule has 0 saturated carbocycles. The zero-order valence-corrected chi connectivity index (χ0v) is 17.6. The molecule has 0 radical (unpaired) electrons. The summed E-state index contributed by atoms with van der Waals surface area (Å²) >= 11 is 6.41. The first-order valence-electron chi connectivity index (χ1n) is 8.95. The van der Waals surface area contributed by atoms with Gasteiger partial charge in [0, 0.05) is 5.69 Å². The number of amides is 2. The molecule has 2 amide bonds. The molecule has 0 atom stereocenters. The molecular formula is C22H18N2O4S2. The van der Waals surface area contributed by atoms with E-state index in [1.807, 2.05) is 43.3 Å². The molecule has 8 heteroatoms. The summed E-state index contributed by atoms with van der Waals surface area (Å²) in [5, 5.41) is 11.6. The largest absolute Gasteiger partial charge is 0.478 e. The van der Waals surface area contributed by atoms with E-state index in [1.165, 1.54) is 23.1 Å². The number of aromatic carboxylic acids is 1. The Morgan fingerprint density at radius 1 is 1.17 bits per heavy atom. The number of benzene rings is 2. The molecule has 0 aliphatic carbocycles. The lowest BCUT2D eigenvalue weighted by Gasteiger charge is -2.14. The Labute approximate surface area is 183 Å². The van der Waals surface area contributed by atoms with Gasteiger partial charge in [-0.3, -0.25) is 14.5 Å². The average Bonchev–Trinajstić information content (AvgIpc) is 2.96. The van der Waals surface area contributed by atoms with Gasteiger partial charge in [0.05, 0.1) is 10.5 Å². The van der Waals surface area contributed by atoms with E-state index in [0.717, 1.165) is 22.9 Å². The van der Waals surface area contributed by atoms with Crippen molar-refractivity contribution in [1.29, 1.82) is 0 Å². The van der Waals surface area contributed by atoms with Crippen molar-refractivity contribution >= 4 is 57.8 Å². The highest BCUT2D eigenvalue weighted by molar-refractivity contribution is 8.26. The van der Waals surface area contributed by atoms with Crippen LogP contribution in [-0.4, -0.2) is 38.7 Å². The van der Waals surface area contributed by atoms with E-state index in [4.69, 9.17) is 17.3 Å². The minimum atomic E-state index is -1.09. The fraction of sp³-hybridized carbons (Fsp3) is 0.0909. The SMILES string of the molecule is CC(=Cc1ccccc1)C=C1SC(=S)N(CC(=O)Nc2cccc(C(=O)O)c2)C1=O. The standard InChI is InChI=1S/C22H18N2O4S2/c1-14(10-15-6-3-2-4-7-15)11-18-20(26)24(22(29)30-18)13-19(25)23-17-9-5-8-16(12-17)21(27)28/h2-12H,13H2,1H3,(H,23,25)(H,27,28). The molecule has 2 N–H and O–H groups in total. The van der Waals surface area contributed by atoms with Crippen LogP contribution in [-0.2, 0) is 9.59 Å². The van der Waals surface area contributed by atoms with E-state index >= 15 is 0 Å². The van der Waals surface area contributed by atoms with Crippen LogP contribution >= 0.6 is 24.0 Å². The summed E-state index contributed by atoms with van der Waals surface area (Å²) in [6.45, 7) is 1.64. The van der Waals surface area contributed by atoms with Crippen LogP contribution in [0.5, 0.6) is 0 Å². The first-order chi connectivity index (χ1) is 14.3. The Kier molecular flexibility index (Phi) is 6.81. The van der Waals surface area contributed by atoms with Gasteiger partial charge in [-0.2, -0.15) is 0 Å². The Morgan fingerprint density at radius 3 is 2.60 bits per heavy atom. The van der Waals surface area contributed by atoms with E-state index in [2.05, 4.69) is 5.32 Å². The maximum absolute atomic E-state index is 12.7. The van der Waals surface area contributed by atoms with Crippen LogP contribution in [0.4, 0.5) is 5.69 Å². The highest BCUT2D eigenvalue weighted by Gasteiger charge is 2.33. The Balaban J connectivity index is 1.67. The molecule has 1 aliphatic rings. The third-order valence-corrected chi connectivity index (χ3v) is 5.50. The van der Waals surface area contributed by atoms with Crippen LogP contribution in [0.1, 0.15) is 22.8 Å². The molecule has 1 saturated heterocycles. The van der Waals surface area contributed by atoms with Crippen LogP contribution in [0.15, 0.2) is 71.2 Å². The summed E-state index contributed by atoms with van der Waals surface area (Å²) in [5.74, 6) is -1.89. The minimum absolute atomic E-state index is 0.0574. The van der Waals surface area contributed by atoms with Gasteiger partial charge in [0.2, 0.25) is 5.91 Å². The van der Waals surface area contributed by atoms with Crippen LogP contribution in [0.3, 0.4) is 0 Å². The summed E-state index contributed by atoms with van der Waals surface area (Å²) < 4.78 is 0.299. The Morgan fingerprint density at radius 2 is 1.90 bits per heavy atom. The van der Waals surface area contributed by atoms with Gasteiger partial charge in [-0.1, -0.05) is 66.5 Å². The summed E-state index contributed by atoms with van der Waals surface area (Å²) in [5.41, 5.74) is 2.30. The Hall–Kier alpha value is -3.23. The van der Waals surface area contributed by atoms with E-state index in [1.54, 1.807) is 12.1 Å². The van der Waals surface area contributed by atoms with Crippen LogP contribution in [0, 0.1) is 0 Å². The molecule has 0 aromatic heterocycles. The molecule has 0 spiro atoms. The van der Waals surface area contributed by atoms with Crippen molar-refractivity contribution < 1.29 is 19.5 Å². The molecule has 3 rings (SSSR count). The number of thioether (sulfide) groups is 1. The maximum Gasteiger partial charge on any atom is 0.335 e. The molecule has 2 aromatic carbocycles. The number of anilines is 1. The molecule has 152 valence electrons. The van der Waals surface area contributed by atoms with Crippen LogP contribution in [0.2, 0.25) is 0 Å². The number of carboxylic acids is 1. The third kappa shape index (κ3) is 5.43. The highest BCUT2D eigenvalue weighted by Crippen LogP contribution is 2.32. The van der Waals surface area contributed by atoms with Gasteiger partial charge < -0.3 is 10.4 Å². The van der Waals surface area contributed by atoms with Gasteiger partial charge in [-0.05, 0) is 42.3 Å². The lowest BCUT2D eigenvalue weighted by atomic mass is 10.1. The second kappa shape index (κ2) is 9.51. The van der Waals surface area contributed by atoms with Crippen molar-refractivity contribution in [2.45, 2.75) is 6.92 Å². The van der Waals surface area contributed by atoms with Crippen molar-refractivity contribution in [3.8, 4) is 0 Å². The second-order valence-corrected chi connectivity index (χ2v) is 8.18. The monoisotopic (exact) mass is 438 g/mol. The Bertz CT molecular complexity index is 1080. The quantitative estimate of drug-likeness (QED) is 0.520. The third-order valence-electron chi connectivity index (χ3n) is 4.12. The van der Waals surface area contributed by atoms with Gasteiger partial charge in [0.1, 0.15) is 10.9 Å². The van der Waals surface area contributed by atoms with E-state index < -0.39 is 11.9 Å². The van der Waals surface area contributed by atoms with Crippen molar-refractivity contribution in [2.24, 2.45) is 0 Å². The van der Waals surface area contributed by atoms with Gasteiger partial charge in [0.25, 0.3) is 5.91 Å². The van der Waals surface area contributed by atoms with Crippen molar-refractivity contribution in [3.63, 3.8) is 0 Å². The van der Waals surface area contributed by atoms with Crippen LogP contribution in [0.25, 0.3) is 6.08 Å². The molecule has 1 fully saturated rings. The number of allylic oxidation sites excluding steroid dienone is 2. The summed E-state index contributed by atoms with van der Waals surface area (Å²) in [4.78, 5) is 37.8. The van der Waals surface area contributed by atoms with E-state index in [0.29, 0.717) is 14.9 Å². The lowest BCUT2D eigenvalue weighted by Crippen LogP contribution is -2.36. The second-order valence-electron chi connectivity index (χ2n) is 6.50. The number of carboxylic acid groups (broad SMARTS) is 1. The van der Waals surface area contributed by atoms with Crippen LogP contribution < -0.4 is 5.32 Å². The number of carbonyl (C=O) groups excluding carboxylic acids is 2. The first-order valence-corrected chi connectivity index (χ1v) is 10.2. The molecule has 0 bridgehead atoms. The summed E-state index contributed by atoms with van der Waals surface area (Å²) in [7, 11) is 0. The molecule has 30 heavy (non-hydrogen) atoms. The molecule has 2 aromatic rings. The number of thiocarbonyl (C=S) groups is 1. The van der Waals surface area contributed by atoms with Crippen molar-refractivity contribution in [1.82, 2.24) is 4.90 Å². The van der Waals surface area contributed by atoms with Gasteiger partial charge in [-0.25, -0.2) is 4.79 Å². The number of nitrogens with one attached hydrogen (secondary N) is 1. The normalized spacial score (nSPS) is 15.6. The number of hydrogen-bond donors (Lipinski definition) is 2. The number of hydrogen-bond acceptors (Lipinski definition) is 5. The molecule has 0 unspecified atom stereocenters. The van der Waals surface area contributed by atoms with E-state index in [-0.39, 0.29) is 18.0 Å². The predicted octanol–water partition coefficient (Wildman–Crippen LogP) is 4.17. The van der Waals surface area contributed by atoms with E-state index in [9.17, 15) is 14.4 Å². The first kappa shape index (κ1) is 21.5. The topological polar surface area (TPSA) is 86.7 Å². The molecular weight excluding hydrogens is 420 g/mol. The fourth-order valence-electron chi connectivity index (χ4n) is 2.77. The number of rotatable bonds is 6. The highest BCUT2D eigenvalue weighted by atomic mass is 32.2. The maximum atomic E-state index is 12.7. The average molecular weight is 439 g/mol. The molecule has 1 aliphatic heterocycles. The predicted molar refractivity (Wildman–Crippen MR) is 122 cm³/mol. The molecule has 1 heterocycles. The smallest absolute Gasteiger partial charge is 0.335 e. The summed E-state index contributed by atoms with van der Waals surface area (Å²) in [6.07, 6.45) is 3.70. The number of nitrogens with zero attached hydrogens (tertiary/aromatic N) is 1. The summed E-state index contributed by atoms with van der Waals surface area (Å²) in [6, 6.07) is 15.6. The van der Waals surface area contributed by atoms with Crippen molar-refractivity contribution in [2.75, 3.05) is 11.9 Å². The lowest BCUT2D eigenvalue weighted by molar-refractivity contribution is -0.126. The van der Waals surface area contributed by atoms with Crippen molar-refractivity contribution in [3.05, 3.63) is 82.3 Å². The van der Waals surface area contributed by atoms with Gasteiger partial charge in [-0.15, -0.1) is 0 Å². The van der Waals surface area contributed by atoms with Gasteiger partial charge >= 0.3 is 5.97 Å². The van der Waals surface area contributed by atoms with Gasteiger partial charge in [0.15, 0.2) is 0 Å². The number of carbonyl (C=O) groups is 3. The molecule has 6 nitrogen and oxygen atoms in total. The minimum Gasteiger partial charge on any atom is -0.478 e. The zero-order chi connectivity index (χ0) is 21.7. The fourth-order valence-corrected chi connectivity index (χ4v) is 4.08.